The van der Waals surface area contributed by atoms with Gasteiger partial charge < -0.3 is 10.1 Å². The zero-order valence-corrected chi connectivity index (χ0v) is 9.44. The molecule has 1 aliphatic carbocycles. The summed E-state index contributed by atoms with van der Waals surface area (Å²) in [5.74, 6) is 0.863. The first-order valence-electron chi connectivity index (χ1n) is 5.70. The molecule has 84 valence electrons. The molecular formula is C11H19N3O. The molecule has 0 aliphatic heterocycles. The normalized spacial score (nSPS) is 17.7. The molecular weight excluding hydrogens is 190 g/mol. The SMILES string of the molecule is CCn1cc(OC(C)CNC2CC2)cn1. The minimum atomic E-state index is 0.208. The number of nitrogens with one attached hydrogen (secondary N) is 1. The number of ether oxygens (including phenoxy) is 1. The Balaban J connectivity index is 1.73. The van der Waals surface area contributed by atoms with Crippen LogP contribution in [0.25, 0.3) is 0 Å². The minimum absolute atomic E-state index is 0.208. The van der Waals surface area contributed by atoms with Gasteiger partial charge in [0.15, 0.2) is 5.75 Å². The lowest BCUT2D eigenvalue weighted by Gasteiger charge is -2.13. The van der Waals surface area contributed by atoms with E-state index in [9.17, 15) is 0 Å². The number of aryl methyl sites for hydroxylation is 1. The van der Waals surface area contributed by atoms with Gasteiger partial charge in [0.2, 0.25) is 0 Å². The lowest BCUT2D eigenvalue weighted by atomic mass is 10.4. The van der Waals surface area contributed by atoms with Crippen molar-refractivity contribution in [3.63, 3.8) is 0 Å². The number of hydrogen-bond donors (Lipinski definition) is 1. The average molecular weight is 209 g/mol. The smallest absolute Gasteiger partial charge is 0.157 e. The van der Waals surface area contributed by atoms with Crippen molar-refractivity contribution in [2.24, 2.45) is 0 Å². The van der Waals surface area contributed by atoms with Crippen LogP contribution in [-0.4, -0.2) is 28.5 Å². The van der Waals surface area contributed by atoms with Crippen LogP contribution < -0.4 is 10.1 Å². The highest BCUT2D eigenvalue weighted by Crippen LogP contribution is 2.18. The third-order valence-corrected chi connectivity index (χ3v) is 2.54. The zero-order valence-electron chi connectivity index (χ0n) is 9.44. The van der Waals surface area contributed by atoms with Gasteiger partial charge in [0.25, 0.3) is 0 Å². The van der Waals surface area contributed by atoms with Gasteiger partial charge >= 0.3 is 0 Å². The Labute approximate surface area is 90.6 Å². The number of rotatable bonds is 6. The van der Waals surface area contributed by atoms with Crippen LogP contribution in [0.3, 0.4) is 0 Å². The molecule has 1 saturated carbocycles. The minimum Gasteiger partial charge on any atom is -0.486 e. The predicted molar refractivity (Wildman–Crippen MR) is 59.0 cm³/mol. The van der Waals surface area contributed by atoms with E-state index in [0.717, 1.165) is 24.9 Å². The monoisotopic (exact) mass is 209 g/mol. The molecule has 1 fully saturated rings. The largest absolute Gasteiger partial charge is 0.486 e. The van der Waals surface area contributed by atoms with E-state index in [0.29, 0.717) is 0 Å². The molecule has 4 nitrogen and oxygen atoms in total. The van der Waals surface area contributed by atoms with Crippen LogP contribution in [0.5, 0.6) is 5.75 Å². The standard InChI is InChI=1S/C11H19N3O/c1-3-14-8-11(7-13-14)15-9(2)6-12-10-4-5-10/h7-10,12H,3-6H2,1-2H3. The molecule has 0 bridgehead atoms. The molecule has 4 heteroatoms. The van der Waals surface area contributed by atoms with Crippen molar-refractivity contribution in [2.75, 3.05) is 6.54 Å². The summed E-state index contributed by atoms with van der Waals surface area (Å²) in [7, 11) is 0. The van der Waals surface area contributed by atoms with Crippen molar-refractivity contribution in [2.45, 2.75) is 45.4 Å². The first kappa shape index (κ1) is 10.5. The molecule has 1 unspecified atom stereocenters. The summed E-state index contributed by atoms with van der Waals surface area (Å²) >= 11 is 0. The van der Waals surface area contributed by atoms with Gasteiger partial charge in [-0.25, -0.2) is 0 Å². The highest BCUT2D eigenvalue weighted by molar-refractivity contribution is 5.12. The number of hydrogen-bond acceptors (Lipinski definition) is 3. The predicted octanol–water partition coefficient (Wildman–Crippen LogP) is 1.42. The highest BCUT2D eigenvalue weighted by atomic mass is 16.5. The summed E-state index contributed by atoms with van der Waals surface area (Å²) in [6.07, 6.45) is 6.56. The molecule has 0 amide bonds. The average Bonchev–Trinajstić information content (AvgIpc) is 2.96. The molecule has 0 saturated heterocycles. The summed E-state index contributed by atoms with van der Waals surface area (Å²) in [6.45, 7) is 5.95. The van der Waals surface area contributed by atoms with E-state index in [1.165, 1.54) is 12.8 Å². The van der Waals surface area contributed by atoms with Crippen LogP contribution in [0, 0.1) is 0 Å². The fourth-order valence-electron chi connectivity index (χ4n) is 1.47. The number of aromatic nitrogens is 2. The second-order valence-corrected chi connectivity index (χ2v) is 4.14. The lowest BCUT2D eigenvalue weighted by Crippen LogP contribution is -2.30. The topological polar surface area (TPSA) is 39.1 Å². The van der Waals surface area contributed by atoms with Crippen molar-refractivity contribution in [1.29, 1.82) is 0 Å². The number of nitrogens with zero attached hydrogens (tertiary/aromatic N) is 2. The van der Waals surface area contributed by atoms with E-state index in [2.05, 4.69) is 24.3 Å². The summed E-state index contributed by atoms with van der Waals surface area (Å²) in [5.41, 5.74) is 0. The van der Waals surface area contributed by atoms with Gasteiger partial charge in [0.1, 0.15) is 6.10 Å². The van der Waals surface area contributed by atoms with E-state index in [4.69, 9.17) is 4.74 Å². The molecule has 1 heterocycles. The van der Waals surface area contributed by atoms with E-state index in [-0.39, 0.29) is 6.10 Å². The molecule has 1 atom stereocenters. The lowest BCUT2D eigenvalue weighted by molar-refractivity contribution is 0.216. The van der Waals surface area contributed by atoms with Crippen molar-refractivity contribution in [1.82, 2.24) is 15.1 Å². The molecule has 1 aromatic rings. The highest BCUT2D eigenvalue weighted by Gasteiger charge is 2.21. The molecule has 0 spiro atoms. The maximum absolute atomic E-state index is 5.73. The van der Waals surface area contributed by atoms with Crippen LogP contribution in [-0.2, 0) is 6.54 Å². The van der Waals surface area contributed by atoms with Crippen molar-refractivity contribution in [3.05, 3.63) is 12.4 Å². The Morgan fingerprint density at radius 2 is 2.47 bits per heavy atom. The molecule has 1 N–H and O–H groups in total. The summed E-state index contributed by atoms with van der Waals surface area (Å²) in [6, 6.07) is 0.745. The molecule has 0 radical (unpaired) electrons. The van der Waals surface area contributed by atoms with Crippen LogP contribution in [0.4, 0.5) is 0 Å². The Morgan fingerprint density at radius 1 is 1.67 bits per heavy atom. The maximum atomic E-state index is 5.73. The Bertz CT molecular complexity index is 307. The molecule has 15 heavy (non-hydrogen) atoms. The van der Waals surface area contributed by atoms with Gasteiger partial charge in [-0.1, -0.05) is 0 Å². The molecule has 1 aliphatic rings. The van der Waals surface area contributed by atoms with Crippen molar-refractivity contribution >= 4 is 0 Å². The molecule has 1 aromatic heterocycles. The second kappa shape index (κ2) is 4.66. The van der Waals surface area contributed by atoms with Gasteiger partial charge in [0, 0.05) is 19.1 Å². The first-order chi connectivity index (χ1) is 7.28. The van der Waals surface area contributed by atoms with Gasteiger partial charge in [-0.2, -0.15) is 5.10 Å². The first-order valence-corrected chi connectivity index (χ1v) is 5.70. The van der Waals surface area contributed by atoms with Gasteiger partial charge in [-0.05, 0) is 26.7 Å². The summed E-state index contributed by atoms with van der Waals surface area (Å²) < 4.78 is 7.60. The van der Waals surface area contributed by atoms with Crippen LogP contribution in [0.15, 0.2) is 12.4 Å². The molecule has 0 aromatic carbocycles. The van der Waals surface area contributed by atoms with Crippen LogP contribution in [0.1, 0.15) is 26.7 Å². The Kier molecular flexibility index (Phi) is 3.26. The van der Waals surface area contributed by atoms with Crippen LogP contribution in [0.2, 0.25) is 0 Å². The third-order valence-electron chi connectivity index (χ3n) is 2.54. The van der Waals surface area contributed by atoms with E-state index in [1.807, 2.05) is 10.9 Å². The van der Waals surface area contributed by atoms with E-state index in [1.54, 1.807) is 6.20 Å². The summed E-state index contributed by atoms with van der Waals surface area (Å²) in [5, 5.41) is 7.61. The quantitative estimate of drug-likeness (QED) is 0.770. The maximum Gasteiger partial charge on any atom is 0.157 e. The van der Waals surface area contributed by atoms with Crippen molar-refractivity contribution < 1.29 is 4.74 Å². The molecule has 2 rings (SSSR count). The zero-order chi connectivity index (χ0) is 10.7. The van der Waals surface area contributed by atoms with Crippen molar-refractivity contribution in [3.8, 4) is 5.75 Å². The fraction of sp³-hybridized carbons (Fsp3) is 0.727. The van der Waals surface area contributed by atoms with Gasteiger partial charge in [0.05, 0.1) is 12.4 Å². The Hall–Kier alpha value is -1.03. The van der Waals surface area contributed by atoms with E-state index >= 15 is 0 Å². The van der Waals surface area contributed by atoms with Gasteiger partial charge in [-0.3, -0.25) is 4.68 Å². The van der Waals surface area contributed by atoms with Crippen LogP contribution >= 0.6 is 0 Å². The Morgan fingerprint density at radius 3 is 3.07 bits per heavy atom. The summed E-state index contributed by atoms with van der Waals surface area (Å²) in [4.78, 5) is 0. The second-order valence-electron chi connectivity index (χ2n) is 4.14. The third kappa shape index (κ3) is 3.23. The van der Waals surface area contributed by atoms with Gasteiger partial charge in [-0.15, -0.1) is 0 Å². The fourth-order valence-corrected chi connectivity index (χ4v) is 1.47. The van der Waals surface area contributed by atoms with E-state index < -0.39 is 0 Å².